The molecule has 4 rings (SSSR count). The van der Waals surface area contributed by atoms with Crippen LogP contribution in [0.25, 0.3) is 5.57 Å². The number of carbonyl (C=O) groups is 3. The van der Waals surface area contributed by atoms with Gasteiger partial charge >= 0.3 is 5.97 Å². The van der Waals surface area contributed by atoms with Gasteiger partial charge in [0.15, 0.2) is 10.8 Å². The minimum Gasteiger partial charge on any atom is -0.477 e. The zero-order valence-corrected chi connectivity index (χ0v) is 19.9. The molecule has 2 aliphatic heterocycles. The summed E-state index contributed by atoms with van der Waals surface area (Å²) < 4.78 is 0.803. The number of carboxylic acids is 1. The van der Waals surface area contributed by atoms with Gasteiger partial charge in [-0.05, 0) is 6.26 Å². The van der Waals surface area contributed by atoms with Crippen molar-refractivity contribution < 1.29 is 24.3 Å². The lowest BCUT2D eigenvalue weighted by Gasteiger charge is -2.49. The number of nitrogens with zero attached hydrogens (tertiary/aromatic N) is 4. The Labute approximate surface area is 198 Å². The van der Waals surface area contributed by atoms with Crippen LogP contribution in [0, 0.1) is 0 Å². The molecule has 2 amide bonds. The molecule has 32 heavy (non-hydrogen) atoms. The number of hydrogen-bond donors (Lipinski definition) is 3. The van der Waals surface area contributed by atoms with E-state index >= 15 is 0 Å². The topological polar surface area (TPSA) is 160 Å². The standard InChI is InChI=1S/C17H16N6O5S4/c1-28-22-9(7-5-31-16(18)20-7)12(24)21-10-13(25)23-11(15(26)27)6(4-30-14(10)23)8-3-19-17(29-2)32-8/h3,5,10,14H,4H2,1-2H3,(H2,18,20)(H,21,24)(H,26,27)/b22-9+/t10-,14-/m1/s1. The molecule has 2 aromatic rings. The minimum atomic E-state index is -1.21. The summed E-state index contributed by atoms with van der Waals surface area (Å²) in [5.74, 6) is -2.04. The van der Waals surface area contributed by atoms with Crippen LogP contribution in [-0.4, -0.2) is 74.0 Å². The zero-order valence-electron chi connectivity index (χ0n) is 16.6. The van der Waals surface area contributed by atoms with Crippen molar-refractivity contribution in [1.29, 1.82) is 0 Å². The summed E-state index contributed by atoms with van der Waals surface area (Å²) in [6, 6.07) is -0.912. The van der Waals surface area contributed by atoms with E-state index in [1.807, 2.05) is 6.26 Å². The SMILES string of the molecule is CO/N=C(/C(=O)N[C@@H]1C(=O)N2C(C(=O)O)=C(c3cnc(SC)s3)CS[C@H]12)c1csc(N)n1. The molecule has 2 aromatic heterocycles. The number of fused-ring (bicyclic) bond motifs is 1. The summed E-state index contributed by atoms with van der Waals surface area (Å²) in [7, 11) is 1.28. The normalized spacial score (nSPS) is 20.6. The molecule has 1 fully saturated rings. The van der Waals surface area contributed by atoms with E-state index in [9.17, 15) is 19.5 Å². The van der Waals surface area contributed by atoms with E-state index in [4.69, 9.17) is 10.6 Å². The number of carbonyl (C=O) groups excluding carboxylic acids is 2. The Hall–Kier alpha value is -2.62. The molecule has 15 heteroatoms. The van der Waals surface area contributed by atoms with Crippen LogP contribution < -0.4 is 11.1 Å². The summed E-state index contributed by atoms with van der Waals surface area (Å²) in [5, 5.41) is 17.4. The fraction of sp³-hybridized carbons (Fsp3) is 0.294. The van der Waals surface area contributed by atoms with Gasteiger partial charge in [-0.1, -0.05) is 16.9 Å². The Morgan fingerprint density at radius 1 is 1.47 bits per heavy atom. The van der Waals surface area contributed by atoms with Gasteiger partial charge in [0.1, 0.15) is 34.3 Å². The molecule has 0 aliphatic carbocycles. The lowest BCUT2D eigenvalue weighted by molar-refractivity contribution is -0.149. The molecule has 0 bridgehead atoms. The lowest BCUT2D eigenvalue weighted by Crippen LogP contribution is -2.71. The number of β-lactam (4-membered cyclic amide) rings is 1. The number of oxime groups is 1. The van der Waals surface area contributed by atoms with Crippen molar-refractivity contribution >= 4 is 80.4 Å². The Bertz CT molecular complexity index is 1160. The van der Waals surface area contributed by atoms with E-state index in [-0.39, 0.29) is 22.2 Å². The number of aliphatic carboxylic acids is 1. The molecule has 168 valence electrons. The molecule has 0 saturated carbocycles. The largest absolute Gasteiger partial charge is 0.477 e. The second kappa shape index (κ2) is 9.09. The van der Waals surface area contributed by atoms with Crippen LogP contribution in [0.2, 0.25) is 0 Å². The second-order valence-electron chi connectivity index (χ2n) is 6.38. The number of nitrogens with two attached hydrogens (primary N) is 1. The van der Waals surface area contributed by atoms with E-state index in [1.165, 1.54) is 46.9 Å². The summed E-state index contributed by atoms with van der Waals surface area (Å²) in [6.07, 6.45) is 3.50. The fourth-order valence-corrected chi connectivity index (χ4v) is 6.66. The average Bonchev–Trinajstić information content (AvgIpc) is 3.43. The molecule has 4 heterocycles. The van der Waals surface area contributed by atoms with Crippen molar-refractivity contribution in [2.24, 2.45) is 5.16 Å². The van der Waals surface area contributed by atoms with Crippen molar-refractivity contribution in [3.63, 3.8) is 0 Å². The van der Waals surface area contributed by atoms with E-state index in [0.717, 1.165) is 15.7 Å². The molecule has 2 aliphatic rings. The van der Waals surface area contributed by atoms with E-state index in [1.54, 1.807) is 11.6 Å². The minimum absolute atomic E-state index is 0.0846. The Morgan fingerprint density at radius 2 is 2.25 bits per heavy atom. The molecule has 11 nitrogen and oxygen atoms in total. The van der Waals surface area contributed by atoms with Crippen LogP contribution in [0.1, 0.15) is 10.6 Å². The number of nitrogens with one attached hydrogen (secondary N) is 1. The third-order valence-corrected chi connectivity index (χ3v) is 8.59. The molecule has 1 saturated heterocycles. The van der Waals surface area contributed by atoms with Crippen LogP contribution in [0.5, 0.6) is 0 Å². The van der Waals surface area contributed by atoms with E-state index in [0.29, 0.717) is 16.2 Å². The summed E-state index contributed by atoms with van der Waals surface area (Å²) in [4.78, 5) is 52.6. The maximum absolute atomic E-state index is 12.9. The third kappa shape index (κ3) is 3.96. The summed E-state index contributed by atoms with van der Waals surface area (Å²) in [6.45, 7) is 0. The highest BCUT2D eigenvalue weighted by Gasteiger charge is 2.54. The maximum atomic E-state index is 12.9. The van der Waals surface area contributed by atoms with Gasteiger partial charge in [0.25, 0.3) is 11.8 Å². The third-order valence-electron chi connectivity index (χ3n) is 4.58. The molecule has 4 N–H and O–H groups in total. The highest BCUT2D eigenvalue weighted by molar-refractivity contribution is 8.00. The maximum Gasteiger partial charge on any atom is 0.353 e. The van der Waals surface area contributed by atoms with Crippen molar-refractivity contribution in [3.8, 4) is 0 Å². The Kier molecular flexibility index (Phi) is 6.41. The van der Waals surface area contributed by atoms with Gasteiger partial charge in [-0.15, -0.1) is 34.4 Å². The average molecular weight is 513 g/mol. The van der Waals surface area contributed by atoms with Gasteiger partial charge < -0.3 is 21.0 Å². The van der Waals surface area contributed by atoms with E-state index < -0.39 is 29.2 Å². The van der Waals surface area contributed by atoms with Crippen molar-refractivity contribution in [2.75, 3.05) is 24.9 Å². The monoisotopic (exact) mass is 512 g/mol. The number of anilines is 1. The number of thiazole rings is 2. The second-order valence-corrected chi connectivity index (χ2v) is 10.5. The first-order valence-electron chi connectivity index (χ1n) is 8.90. The highest BCUT2D eigenvalue weighted by atomic mass is 32.2. The van der Waals surface area contributed by atoms with Gasteiger partial charge in [0, 0.05) is 22.9 Å². The number of carboxylic acid groups (broad SMARTS) is 1. The number of amides is 2. The number of hydrogen-bond acceptors (Lipinski definition) is 12. The lowest BCUT2D eigenvalue weighted by atomic mass is 10.0. The molecular formula is C17H16N6O5S4. The van der Waals surface area contributed by atoms with Gasteiger partial charge in [0.2, 0.25) is 0 Å². The molecule has 2 atom stereocenters. The van der Waals surface area contributed by atoms with Gasteiger partial charge in [-0.3, -0.25) is 14.5 Å². The number of rotatable bonds is 7. The van der Waals surface area contributed by atoms with Gasteiger partial charge in [-0.2, -0.15) is 0 Å². The number of nitrogen functional groups attached to an aromatic ring is 1. The van der Waals surface area contributed by atoms with Crippen molar-refractivity contribution in [2.45, 2.75) is 15.8 Å². The van der Waals surface area contributed by atoms with Gasteiger partial charge in [0.05, 0.1) is 4.88 Å². The number of aromatic nitrogens is 2. The zero-order chi connectivity index (χ0) is 23.0. The first kappa shape index (κ1) is 22.6. The van der Waals surface area contributed by atoms with Crippen LogP contribution in [-0.2, 0) is 19.2 Å². The molecule has 0 aromatic carbocycles. The van der Waals surface area contributed by atoms with Gasteiger partial charge in [-0.25, -0.2) is 14.8 Å². The predicted octanol–water partition coefficient (Wildman–Crippen LogP) is 1.15. The fourth-order valence-electron chi connectivity index (χ4n) is 3.20. The first-order chi connectivity index (χ1) is 15.3. The van der Waals surface area contributed by atoms with Crippen molar-refractivity contribution in [3.05, 3.63) is 27.8 Å². The predicted molar refractivity (Wildman–Crippen MR) is 124 cm³/mol. The number of thioether (sulfide) groups is 2. The highest BCUT2D eigenvalue weighted by Crippen LogP contribution is 2.44. The smallest absolute Gasteiger partial charge is 0.353 e. The molecule has 0 spiro atoms. The molecule has 0 radical (unpaired) electrons. The molecular weight excluding hydrogens is 496 g/mol. The van der Waals surface area contributed by atoms with Crippen LogP contribution in [0.4, 0.5) is 5.13 Å². The Morgan fingerprint density at radius 3 is 2.84 bits per heavy atom. The van der Waals surface area contributed by atoms with Crippen LogP contribution in [0.3, 0.4) is 0 Å². The summed E-state index contributed by atoms with van der Waals surface area (Å²) in [5.41, 5.74) is 6.17. The van der Waals surface area contributed by atoms with Crippen LogP contribution >= 0.6 is 46.2 Å². The summed E-state index contributed by atoms with van der Waals surface area (Å²) >= 11 is 5.34. The Balaban J connectivity index is 1.57. The van der Waals surface area contributed by atoms with Crippen LogP contribution in [0.15, 0.2) is 26.8 Å². The molecule has 0 unspecified atom stereocenters. The van der Waals surface area contributed by atoms with E-state index in [2.05, 4.69) is 20.4 Å². The quantitative estimate of drug-likeness (QED) is 0.212. The van der Waals surface area contributed by atoms with Crippen molar-refractivity contribution in [1.82, 2.24) is 20.2 Å². The first-order valence-corrected chi connectivity index (χ1v) is 12.9.